The van der Waals surface area contributed by atoms with Crippen LogP contribution in [-0.4, -0.2) is 37.1 Å². The zero-order chi connectivity index (χ0) is 11.8. The Morgan fingerprint density at radius 3 is 2.56 bits per heavy atom. The van der Waals surface area contributed by atoms with Gasteiger partial charge in [0.2, 0.25) is 0 Å². The molecule has 1 rings (SSSR count). The van der Waals surface area contributed by atoms with E-state index in [9.17, 15) is 0 Å². The molecule has 0 aromatic carbocycles. The summed E-state index contributed by atoms with van der Waals surface area (Å²) in [5.41, 5.74) is 0. The standard InChI is InChI=1S/C14H30N2/c1-4-14(3)15-9-5-6-10-16-11-7-13(2)8-12-16/h13-15H,4-12H2,1-3H3. The van der Waals surface area contributed by atoms with E-state index in [4.69, 9.17) is 0 Å². The molecular weight excluding hydrogens is 196 g/mol. The second-order valence-electron chi connectivity index (χ2n) is 5.49. The molecule has 16 heavy (non-hydrogen) atoms. The van der Waals surface area contributed by atoms with Gasteiger partial charge < -0.3 is 10.2 Å². The summed E-state index contributed by atoms with van der Waals surface area (Å²) in [6.45, 7) is 12.1. The van der Waals surface area contributed by atoms with Crippen LogP contribution in [0, 0.1) is 5.92 Å². The van der Waals surface area contributed by atoms with E-state index in [1.165, 1.54) is 58.3 Å². The van der Waals surface area contributed by atoms with Crippen molar-refractivity contribution in [2.24, 2.45) is 5.92 Å². The van der Waals surface area contributed by atoms with Crippen molar-refractivity contribution in [1.82, 2.24) is 10.2 Å². The molecule has 1 aliphatic rings. The summed E-state index contributed by atoms with van der Waals surface area (Å²) in [4.78, 5) is 2.64. The van der Waals surface area contributed by atoms with Crippen LogP contribution in [0.4, 0.5) is 0 Å². The second kappa shape index (κ2) is 8.08. The van der Waals surface area contributed by atoms with E-state index in [1.54, 1.807) is 0 Å². The van der Waals surface area contributed by atoms with Gasteiger partial charge in [0.1, 0.15) is 0 Å². The minimum Gasteiger partial charge on any atom is -0.314 e. The minimum absolute atomic E-state index is 0.691. The second-order valence-corrected chi connectivity index (χ2v) is 5.49. The maximum absolute atomic E-state index is 3.56. The SMILES string of the molecule is CCC(C)NCCCCN1CCC(C)CC1. The molecule has 0 amide bonds. The Bertz CT molecular complexity index is 162. The molecule has 0 aromatic rings. The van der Waals surface area contributed by atoms with E-state index in [0.29, 0.717) is 6.04 Å². The maximum Gasteiger partial charge on any atom is 0.00360 e. The van der Waals surface area contributed by atoms with Crippen LogP contribution in [0.15, 0.2) is 0 Å². The van der Waals surface area contributed by atoms with Crippen molar-refractivity contribution < 1.29 is 0 Å². The molecule has 1 fully saturated rings. The van der Waals surface area contributed by atoms with E-state index < -0.39 is 0 Å². The molecular formula is C14H30N2. The first-order valence-electron chi connectivity index (χ1n) is 7.18. The zero-order valence-electron chi connectivity index (χ0n) is 11.5. The lowest BCUT2D eigenvalue weighted by Gasteiger charge is -2.30. The molecule has 1 heterocycles. The monoisotopic (exact) mass is 226 g/mol. The van der Waals surface area contributed by atoms with Gasteiger partial charge in [0.15, 0.2) is 0 Å². The Hall–Kier alpha value is -0.0800. The summed E-state index contributed by atoms with van der Waals surface area (Å²) in [5.74, 6) is 0.961. The molecule has 0 aromatic heterocycles. The summed E-state index contributed by atoms with van der Waals surface area (Å²) >= 11 is 0. The number of hydrogen-bond donors (Lipinski definition) is 1. The number of rotatable bonds is 7. The molecule has 0 spiro atoms. The first kappa shape index (κ1) is 14.0. The molecule has 0 aliphatic carbocycles. The van der Waals surface area contributed by atoms with Gasteiger partial charge in [0, 0.05) is 6.04 Å². The normalized spacial score (nSPS) is 21.2. The summed E-state index contributed by atoms with van der Waals surface area (Å²) in [5, 5.41) is 3.56. The van der Waals surface area contributed by atoms with E-state index in [1.807, 2.05) is 0 Å². The lowest BCUT2D eigenvalue weighted by Crippen LogP contribution is -2.34. The third-order valence-corrected chi connectivity index (χ3v) is 3.88. The Morgan fingerprint density at radius 2 is 1.94 bits per heavy atom. The van der Waals surface area contributed by atoms with Gasteiger partial charge in [-0.05, 0) is 71.1 Å². The summed E-state index contributed by atoms with van der Waals surface area (Å²) in [6.07, 6.45) is 6.74. The van der Waals surface area contributed by atoms with E-state index in [-0.39, 0.29) is 0 Å². The topological polar surface area (TPSA) is 15.3 Å². The summed E-state index contributed by atoms with van der Waals surface area (Å²) in [6, 6.07) is 0.691. The predicted octanol–water partition coefficient (Wildman–Crippen LogP) is 2.89. The third-order valence-electron chi connectivity index (χ3n) is 3.88. The van der Waals surface area contributed by atoms with Gasteiger partial charge in [0.25, 0.3) is 0 Å². The maximum atomic E-state index is 3.56. The third kappa shape index (κ3) is 5.86. The first-order valence-corrected chi connectivity index (χ1v) is 7.18. The van der Waals surface area contributed by atoms with Crippen molar-refractivity contribution in [1.29, 1.82) is 0 Å². The number of piperidine rings is 1. The van der Waals surface area contributed by atoms with Crippen molar-refractivity contribution >= 4 is 0 Å². The average molecular weight is 226 g/mol. The Kier molecular flexibility index (Phi) is 7.06. The van der Waals surface area contributed by atoms with Gasteiger partial charge in [-0.2, -0.15) is 0 Å². The van der Waals surface area contributed by atoms with Gasteiger partial charge in [-0.15, -0.1) is 0 Å². The quantitative estimate of drug-likeness (QED) is 0.672. The zero-order valence-corrected chi connectivity index (χ0v) is 11.5. The van der Waals surface area contributed by atoms with Gasteiger partial charge >= 0.3 is 0 Å². The lowest BCUT2D eigenvalue weighted by atomic mass is 9.99. The molecule has 0 saturated carbocycles. The summed E-state index contributed by atoms with van der Waals surface area (Å²) in [7, 11) is 0. The highest BCUT2D eigenvalue weighted by Crippen LogP contribution is 2.15. The van der Waals surface area contributed by atoms with Crippen molar-refractivity contribution in [2.75, 3.05) is 26.2 Å². The number of nitrogens with zero attached hydrogens (tertiary/aromatic N) is 1. The van der Waals surface area contributed by atoms with Gasteiger partial charge in [-0.25, -0.2) is 0 Å². The van der Waals surface area contributed by atoms with Crippen LogP contribution in [0.2, 0.25) is 0 Å². The molecule has 1 aliphatic heterocycles. The number of hydrogen-bond acceptors (Lipinski definition) is 2. The Labute approximate surface area is 102 Å². The Balaban J connectivity index is 1.91. The molecule has 1 saturated heterocycles. The number of nitrogens with one attached hydrogen (secondary N) is 1. The molecule has 96 valence electrons. The summed E-state index contributed by atoms with van der Waals surface area (Å²) < 4.78 is 0. The predicted molar refractivity (Wildman–Crippen MR) is 71.8 cm³/mol. The fraction of sp³-hybridized carbons (Fsp3) is 1.00. The molecule has 2 nitrogen and oxygen atoms in total. The van der Waals surface area contributed by atoms with Crippen LogP contribution in [-0.2, 0) is 0 Å². The Morgan fingerprint density at radius 1 is 1.25 bits per heavy atom. The first-order chi connectivity index (χ1) is 7.72. The molecule has 0 radical (unpaired) electrons. The highest BCUT2D eigenvalue weighted by atomic mass is 15.1. The van der Waals surface area contributed by atoms with Gasteiger partial charge in [-0.3, -0.25) is 0 Å². The smallest absolute Gasteiger partial charge is 0.00360 e. The van der Waals surface area contributed by atoms with Gasteiger partial charge in [-0.1, -0.05) is 13.8 Å². The van der Waals surface area contributed by atoms with Gasteiger partial charge in [0.05, 0.1) is 0 Å². The molecule has 1 atom stereocenters. The van der Waals surface area contributed by atoms with E-state index in [0.717, 1.165) is 5.92 Å². The fourth-order valence-electron chi connectivity index (χ4n) is 2.24. The van der Waals surface area contributed by atoms with E-state index >= 15 is 0 Å². The molecule has 1 unspecified atom stereocenters. The molecule has 0 bridgehead atoms. The highest BCUT2D eigenvalue weighted by molar-refractivity contribution is 4.69. The molecule has 1 N–H and O–H groups in total. The van der Waals surface area contributed by atoms with Crippen molar-refractivity contribution in [3.8, 4) is 0 Å². The van der Waals surface area contributed by atoms with Crippen LogP contribution in [0.1, 0.15) is 52.9 Å². The minimum atomic E-state index is 0.691. The van der Waals surface area contributed by atoms with Crippen LogP contribution < -0.4 is 5.32 Å². The molecule has 2 heteroatoms. The average Bonchev–Trinajstić information content (AvgIpc) is 2.31. The largest absolute Gasteiger partial charge is 0.314 e. The number of likely N-dealkylation sites (tertiary alicyclic amines) is 1. The fourth-order valence-corrected chi connectivity index (χ4v) is 2.24. The van der Waals surface area contributed by atoms with Crippen LogP contribution in [0.25, 0.3) is 0 Å². The highest BCUT2D eigenvalue weighted by Gasteiger charge is 2.14. The van der Waals surface area contributed by atoms with Crippen molar-refractivity contribution in [3.63, 3.8) is 0 Å². The van der Waals surface area contributed by atoms with Crippen LogP contribution >= 0.6 is 0 Å². The van der Waals surface area contributed by atoms with Crippen LogP contribution in [0.3, 0.4) is 0 Å². The lowest BCUT2D eigenvalue weighted by molar-refractivity contribution is 0.189. The van der Waals surface area contributed by atoms with E-state index in [2.05, 4.69) is 31.0 Å². The number of unbranched alkanes of at least 4 members (excludes halogenated alkanes) is 1. The van der Waals surface area contributed by atoms with Crippen molar-refractivity contribution in [3.05, 3.63) is 0 Å². The van der Waals surface area contributed by atoms with Crippen molar-refractivity contribution in [2.45, 2.75) is 58.9 Å². The van der Waals surface area contributed by atoms with Crippen LogP contribution in [0.5, 0.6) is 0 Å².